The smallest absolute Gasteiger partial charge is 0.235 e. The van der Waals surface area contributed by atoms with Gasteiger partial charge in [-0.15, -0.1) is 0 Å². The second-order valence-electron chi connectivity index (χ2n) is 3.12. The molecule has 0 saturated carbocycles. The Kier molecular flexibility index (Phi) is 2.73. The maximum absolute atomic E-state index is 8.86. The predicted octanol–water partition coefficient (Wildman–Crippen LogP) is 0.717. The van der Waals surface area contributed by atoms with Gasteiger partial charge in [0.25, 0.3) is 0 Å². The largest absolute Gasteiger partial charge is 0.392 e. The molecule has 0 spiro atoms. The van der Waals surface area contributed by atoms with Crippen molar-refractivity contribution < 1.29 is 5.11 Å². The lowest BCUT2D eigenvalue weighted by atomic mass is 10.4. The van der Waals surface area contributed by atoms with Crippen LogP contribution < -0.4 is 0 Å². The summed E-state index contributed by atoms with van der Waals surface area (Å²) in [5.74, 6) is 1.51. The Morgan fingerprint density at radius 1 is 1.27 bits per heavy atom. The first-order chi connectivity index (χ1) is 7.35. The number of rotatable bonds is 3. The van der Waals surface area contributed by atoms with Gasteiger partial charge in [0.15, 0.2) is 0 Å². The van der Waals surface area contributed by atoms with Crippen molar-refractivity contribution >= 4 is 0 Å². The molecule has 0 unspecified atom stereocenters. The highest BCUT2D eigenvalue weighted by atomic mass is 16.3. The van der Waals surface area contributed by atoms with E-state index in [2.05, 4.69) is 15.0 Å². The summed E-state index contributed by atoms with van der Waals surface area (Å²) in [6.45, 7) is 1.99. The van der Waals surface area contributed by atoms with Crippen molar-refractivity contribution in [3.8, 4) is 5.95 Å². The molecule has 0 aliphatic heterocycles. The first kappa shape index (κ1) is 9.79. The number of nitrogens with zero attached hydrogens (tertiary/aromatic N) is 4. The fourth-order valence-corrected chi connectivity index (χ4v) is 1.33. The number of aromatic nitrogens is 4. The molecular formula is C10H12N4O. The highest BCUT2D eigenvalue weighted by Crippen LogP contribution is 2.06. The number of hydrogen-bond donors (Lipinski definition) is 1. The van der Waals surface area contributed by atoms with Gasteiger partial charge in [-0.25, -0.2) is 15.0 Å². The molecule has 0 saturated heterocycles. The lowest BCUT2D eigenvalue weighted by Gasteiger charge is -2.04. The Bertz CT molecular complexity index is 435. The average Bonchev–Trinajstić information content (AvgIpc) is 2.77. The number of aliphatic hydroxyl groups is 1. The molecule has 15 heavy (non-hydrogen) atoms. The van der Waals surface area contributed by atoms with Gasteiger partial charge in [-0.2, -0.15) is 0 Å². The van der Waals surface area contributed by atoms with Crippen molar-refractivity contribution in [2.45, 2.75) is 20.0 Å². The fourth-order valence-electron chi connectivity index (χ4n) is 1.33. The Labute approximate surface area is 87.5 Å². The van der Waals surface area contributed by atoms with Crippen LogP contribution in [0, 0.1) is 0 Å². The van der Waals surface area contributed by atoms with Crippen molar-refractivity contribution in [1.29, 1.82) is 0 Å². The number of hydrogen-bond acceptors (Lipinski definition) is 4. The summed E-state index contributed by atoms with van der Waals surface area (Å²) >= 11 is 0. The van der Waals surface area contributed by atoms with Gasteiger partial charge >= 0.3 is 0 Å². The minimum Gasteiger partial charge on any atom is -0.392 e. The van der Waals surface area contributed by atoms with Gasteiger partial charge in [0, 0.05) is 36.8 Å². The summed E-state index contributed by atoms with van der Waals surface area (Å²) in [5.41, 5.74) is 0.705. The number of imidazole rings is 1. The molecule has 2 aromatic heterocycles. The summed E-state index contributed by atoms with van der Waals surface area (Å²) in [4.78, 5) is 12.5. The van der Waals surface area contributed by atoms with Crippen LogP contribution in [0.15, 0.2) is 24.8 Å². The molecule has 0 bridgehead atoms. The van der Waals surface area contributed by atoms with Gasteiger partial charge in [-0.3, -0.25) is 4.57 Å². The lowest BCUT2D eigenvalue weighted by molar-refractivity contribution is 0.281. The van der Waals surface area contributed by atoms with Gasteiger partial charge < -0.3 is 5.11 Å². The highest BCUT2D eigenvalue weighted by Gasteiger charge is 2.04. The van der Waals surface area contributed by atoms with Crippen LogP contribution in [0.5, 0.6) is 0 Å². The van der Waals surface area contributed by atoms with Crippen LogP contribution in [0.25, 0.3) is 5.95 Å². The van der Waals surface area contributed by atoms with Gasteiger partial charge in [0.1, 0.15) is 5.82 Å². The van der Waals surface area contributed by atoms with E-state index >= 15 is 0 Å². The van der Waals surface area contributed by atoms with Crippen molar-refractivity contribution in [3.05, 3.63) is 36.2 Å². The first-order valence-corrected chi connectivity index (χ1v) is 4.79. The van der Waals surface area contributed by atoms with Crippen molar-refractivity contribution in [1.82, 2.24) is 19.5 Å². The van der Waals surface area contributed by atoms with Crippen molar-refractivity contribution in [3.63, 3.8) is 0 Å². The molecule has 1 N–H and O–H groups in total. The summed E-state index contributed by atoms with van der Waals surface area (Å²) in [6.07, 6.45) is 7.61. The second-order valence-corrected chi connectivity index (χ2v) is 3.12. The second kappa shape index (κ2) is 4.18. The van der Waals surface area contributed by atoms with Gasteiger partial charge in [-0.05, 0) is 0 Å². The minimum absolute atomic E-state index is 0.0369. The Morgan fingerprint density at radius 3 is 2.60 bits per heavy atom. The monoisotopic (exact) mass is 204 g/mol. The molecule has 0 aliphatic carbocycles. The maximum Gasteiger partial charge on any atom is 0.235 e. The topological polar surface area (TPSA) is 63.8 Å². The molecule has 78 valence electrons. The quantitative estimate of drug-likeness (QED) is 0.800. The van der Waals surface area contributed by atoms with Crippen molar-refractivity contribution in [2.75, 3.05) is 0 Å². The number of aryl methyl sites for hydroxylation is 1. The Hall–Kier alpha value is -1.75. The number of aliphatic hydroxyl groups excluding tert-OH is 1. The normalized spacial score (nSPS) is 10.5. The molecule has 5 heteroatoms. The molecule has 0 aromatic carbocycles. The average molecular weight is 204 g/mol. The van der Waals surface area contributed by atoms with E-state index in [9.17, 15) is 0 Å². The predicted molar refractivity (Wildman–Crippen MR) is 54.5 cm³/mol. The first-order valence-electron chi connectivity index (χ1n) is 4.79. The highest BCUT2D eigenvalue weighted by molar-refractivity contribution is 5.17. The molecule has 0 atom stereocenters. The van der Waals surface area contributed by atoms with Crippen LogP contribution in [0.4, 0.5) is 0 Å². The summed E-state index contributed by atoms with van der Waals surface area (Å²) in [7, 11) is 0. The van der Waals surface area contributed by atoms with E-state index in [0.717, 1.165) is 12.2 Å². The molecule has 0 amide bonds. The third-order valence-corrected chi connectivity index (χ3v) is 2.12. The molecule has 0 fully saturated rings. The van der Waals surface area contributed by atoms with Crippen LogP contribution in [0.3, 0.4) is 0 Å². The Morgan fingerprint density at radius 2 is 2.00 bits per heavy atom. The summed E-state index contributed by atoms with van der Waals surface area (Å²) in [5, 5.41) is 8.86. The third kappa shape index (κ3) is 1.87. The summed E-state index contributed by atoms with van der Waals surface area (Å²) < 4.78 is 1.83. The third-order valence-electron chi connectivity index (χ3n) is 2.12. The van der Waals surface area contributed by atoms with Crippen LogP contribution >= 0.6 is 0 Å². The van der Waals surface area contributed by atoms with E-state index in [1.54, 1.807) is 18.6 Å². The molecular weight excluding hydrogens is 192 g/mol. The van der Waals surface area contributed by atoms with Crippen molar-refractivity contribution in [2.24, 2.45) is 0 Å². The molecule has 0 radical (unpaired) electrons. The van der Waals surface area contributed by atoms with Gasteiger partial charge in [0.05, 0.1) is 6.61 Å². The summed E-state index contributed by atoms with van der Waals surface area (Å²) in [6, 6.07) is 0. The Balaban J connectivity index is 2.37. The van der Waals surface area contributed by atoms with Gasteiger partial charge in [0.2, 0.25) is 5.95 Å². The lowest BCUT2D eigenvalue weighted by Crippen LogP contribution is -2.04. The zero-order valence-corrected chi connectivity index (χ0v) is 8.46. The minimum atomic E-state index is -0.0369. The fraction of sp³-hybridized carbons (Fsp3) is 0.300. The van der Waals surface area contributed by atoms with E-state index in [1.807, 2.05) is 17.7 Å². The maximum atomic E-state index is 8.86. The molecule has 5 nitrogen and oxygen atoms in total. The van der Waals surface area contributed by atoms with Crippen LogP contribution in [0.1, 0.15) is 18.3 Å². The van der Waals surface area contributed by atoms with E-state index in [4.69, 9.17) is 5.11 Å². The van der Waals surface area contributed by atoms with E-state index in [0.29, 0.717) is 11.5 Å². The zero-order chi connectivity index (χ0) is 10.7. The van der Waals surface area contributed by atoms with Crippen LogP contribution in [0.2, 0.25) is 0 Å². The SMILES string of the molecule is CCc1nccn1-c1ncc(CO)cn1. The zero-order valence-electron chi connectivity index (χ0n) is 8.46. The molecule has 2 rings (SSSR count). The standard InChI is InChI=1S/C10H12N4O/c1-2-9-11-3-4-14(9)10-12-5-8(7-15)6-13-10/h3-6,15H,2,7H2,1H3. The molecule has 0 aliphatic rings. The molecule has 2 aromatic rings. The van der Waals surface area contributed by atoms with Gasteiger partial charge in [-0.1, -0.05) is 6.92 Å². The molecule has 2 heterocycles. The van der Waals surface area contributed by atoms with Crippen LogP contribution in [-0.2, 0) is 13.0 Å². The van der Waals surface area contributed by atoms with E-state index in [1.165, 1.54) is 0 Å². The van der Waals surface area contributed by atoms with E-state index < -0.39 is 0 Å². The van der Waals surface area contributed by atoms with Crippen LogP contribution in [-0.4, -0.2) is 24.6 Å². The van der Waals surface area contributed by atoms with E-state index in [-0.39, 0.29) is 6.61 Å².